The molecule has 3 aromatic rings. The largest absolute Gasteiger partial charge is 0.368 e. The third kappa shape index (κ3) is 3.32. The number of nitrogens with zero attached hydrogens (tertiary/aromatic N) is 5. The molecule has 1 aliphatic heterocycles. The first-order chi connectivity index (χ1) is 12.2. The van der Waals surface area contributed by atoms with Crippen LogP contribution in [0.1, 0.15) is 12.1 Å². The Morgan fingerprint density at radius 2 is 1.96 bits per heavy atom. The molecular formula is C19H26N6. The van der Waals surface area contributed by atoms with Gasteiger partial charge >= 0.3 is 0 Å². The Morgan fingerprint density at radius 3 is 2.80 bits per heavy atom. The number of aromatic nitrogens is 3. The van der Waals surface area contributed by atoms with Crippen LogP contribution in [0.3, 0.4) is 0 Å². The van der Waals surface area contributed by atoms with E-state index in [0.717, 1.165) is 41.9 Å². The second kappa shape index (κ2) is 6.98. The SMILES string of the molecule is Cc1nnc(NCCCN2CCN(C)CC2)c2cc3ccccn3c12. The summed E-state index contributed by atoms with van der Waals surface area (Å²) in [7, 11) is 2.20. The zero-order valence-corrected chi connectivity index (χ0v) is 15.1. The van der Waals surface area contributed by atoms with Crippen LogP contribution < -0.4 is 5.32 Å². The van der Waals surface area contributed by atoms with E-state index in [1.54, 1.807) is 0 Å². The van der Waals surface area contributed by atoms with E-state index in [1.165, 1.54) is 31.7 Å². The summed E-state index contributed by atoms with van der Waals surface area (Å²) >= 11 is 0. The van der Waals surface area contributed by atoms with Gasteiger partial charge < -0.3 is 19.5 Å². The molecule has 0 aromatic carbocycles. The molecule has 0 radical (unpaired) electrons. The van der Waals surface area contributed by atoms with Gasteiger partial charge in [0.05, 0.1) is 11.2 Å². The van der Waals surface area contributed by atoms with E-state index in [9.17, 15) is 0 Å². The summed E-state index contributed by atoms with van der Waals surface area (Å²) in [4.78, 5) is 4.94. The van der Waals surface area contributed by atoms with E-state index < -0.39 is 0 Å². The van der Waals surface area contributed by atoms with Crippen LogP contribution >= 0.6 is 0 Å². The Hall–Kier alpha value is -2.18. The molecule has 25 heavy (non-hydrogen) atoms. The highest BCUT2D eigenvalue weighted by molar-refractivity contribution is 5.96. The summed E-state index contributed by atoms with van der Waals surface area (Å²) in [6, 6.07) is 8.43. The van der Waals surface area contributed by atoms with Crippen LogP contribution in [0.5, 0.6) is 0 Å². The molecule has 1 aliphatic rings. The van der Waals surface area contributed by atoms with Gasteiger partial charge in [0.1, 0.15) is 0 Å². The van der Waals surface area contributed by atoms with Crippen LogP contribution in [0.2, 0.25) is 0 Å². The third-order valence-corrected chi connectivity index (χ3v) is 5.12. The quantitative estimate of drug-likeness (QED) is 0.723. The van der Waals surface area contributed by atoms with Gasteiger partial charge in [-0.25, -0.2) is 0 Å². The van der Waals surface area contributed by atoms with E-state index in [-0.39, 0.29) is 0 Å². The van der Waals surface area contributed by atoms with Crippen LogP contribution in [-0.4, -0.2) is 70.7 Å². The highest BCUT2D eigenvalue weighted by Crippen LogP contribution is 2.26. The Labute approximate surface area is 148 Å². The summed E-state index contributed by atoms with van der Waals surface area (Å²) in [5.74, 6) is 0.891. The molecule has 0 aliphatic carbocycles. The number of hydrogen-bond acceptors (Lipinski definition) is 5. The Balaban J connectivity index is 1.44. The van der Waals surface area contributed by atoms with Crippen molar-refractivity contribution in [3.63, 3.8) is 0 Å². The number of piperazine rings is 1. The lowest BCUT2D eigenvalue weighted by Crippen LogP contribution is -2.44. The number of anilines is 1. The van der Waals surface area contributed by atoms with Crippen molar-refractivity contribution >= 4 is 22.2 Å². The lowest BCUT2D eigenvalue weighted by molar-refractivity contribution is 0.154. The van der Waals surface area contributed by atoms with Crippen molar-refractivity contribution in [3.8, 4) is 0 Å². The molecule has 0 saturated carbocycles. The number of pyridine rings is 1. The van der Waals surface area contributed by atoms with Gasteiger partial charge in [-0.05, 0) is 45.1 Å². The predicted molar refractivity (Wildman–Crippen MR) is 102 cm³/mol. The minimum atomic E-state index is 0.891. The van der Waals surface area contributed by atoms with Crippen LogP contribution in [0.25, 0.3) is 16.4 Å². The molecule has 0 amide bonds. The average molecular weight is 338 g/mol. The molecule has 0 unspecified atom stereocenters. The Bertz CT molecular complexity index is 863. The number of nitrogens with one attached hydrogen (secondary N) is 1. The lowest BCUT2D eigenvalue weighted by Gasteiger charge is -2.32. The summed E-state index contributed by atoms with van der Waals surface area (Å²) in [5, 5.41) is 13.4. The van der Waals surface area contributed by atoms with Crippen molar-refractivity contribution in [3.05, 3.63) is 36.2 Å². The van der Waals surface area contributed by atoms with Crippen molar-refractivity contribution in [1.82, 2.24) is 24.4 Å². The molecule has 0 atom stereocenters. The van der Waals surface area contributed by atoms with Crippen molar-refractivity contribution in [2.75, 3.05) is 51.6 Å². The van der Waals surface area contributed by atoms with Gasteiger partial charge in [0.25, 0.3) is 0 Å². The van der Waals surface area contributed by atoms with Gasteiger partial charge in [-0.1, -0.05) is 6.07 Å². The molecular weight excluding hydrogens is 312 g/mol. The van der Waals surface area contributed by atoms with E-state index in [1.807, 2.05) is 6.92 Å². The zero-order chi connectivity index (χ0) is 17.2. The maximum Gasteiger partial charge on any atom is 0.158 e. The number of hydrogen-bond donors (Lipinski definition) is 1. The summed E-state index contributed by atoms with van der Waals surface area (Å²) in [5.41, 5.74) is 3.28. The van der Waals surface area contributed by atoms with E-state index in [2.05, 4.69) is 67.2 Å². The Kier molecular flexibility index (Phi) is 4.55. The van der Waals surface area contributed by atoms with E-state index in [4.69, 9.17) is 0 Å². The van der Waals surface area contributed by atoms with Crippen LogP contribution in [0, 0.1) is 6.92 Å². The normalized spacial score (nSPS) is 16.7. The fourth-order valence-electron chi connectivity index (χ4n) is 3.61. The fraction of sp³-hybridized carbons (Fsp3) is 0.474. The van der Waals surface area contributed by atoms with E-state index >= 15 is 0 Å². The molecule has 0 spiro atoms. The van der Waals surface area contributed by atoms with Gasteiger partial charge in [-0.3, -0.25) is 0 Å². The molecule has 1 fully saturated rings. The fourth-order valence-corrected chi connectivity index (χ4v) is 3.61. The lowest BCUT2D eigenvalue weighted by atomic mass is 10.2. The summed E-state index contributed by atoms with van der Waals surface area (Å²) in [6.45, 7) is 8.79. The first-order valence-electron chi connectivity index (χ1n) is 9.10. The van der Waals surface area contributed by atoms with E-state index in [0.29, 0.717) is 0 Å². The molecule has 6 nitrogen and oxygen atoms in total. The van der Waals surface area contributed by atoms with Gasteiger partial charge in [0.15, 0.2) is 5.82 Å². The molecule has 0 bridgehead atoms. The van der Waals surface area contributed by atoms with Crippen molar-refractivity contribution in [2.45, 2.75) is 13.3 Å². The molecule has 6 heteroatoms. The van der Waals surface area contributed by atoms with Crippen molar-refractivity contribution < 1.29 is 0 Å². The predicted octanol–water partition coefficient (Wildman–Crippen LogP) is 2.24. The van der Waals surface area contributed by atoms with Gasteiger partial charge in [-0.2, -0.15) is 5.10 Å². The number of aryl methyl sites for hydroxylation is 1. The van der Waals surface area contributed by atoms with Gasteiger partial charge in [0, 0.05) is 49.8 Å². The third-order valence-electron chi connectivity index (χ3n) is 5.12. The maximum absolute atomic E-state index is 4.40. The minimum absolute atomic E-state index is 0.891. The molecule has 4 heterocycles. The van der Waals surface area contributed by atoms with Crippen LogP contribution in [0.15, 0.2) is 30.5 Å². The van der Waals surface area contributed by atoms with Gasteiger partial charge in [0.2, 0.25) is 0 Å². The topological polar surface area (TPSA) is 48.7 Å². The molecule has 1 N–H and O–H groups in total. The monoisotopic (exact) mass is 338 g/mol. The molecule has 132 valence electrons. The standard InChI is InChI=1S/C19H26N6/c1-15-18-17(14-16-6-3-4-9-25(16)18)19(22-21-15)20-7-5-8-24-12-10-23(2)11-13-24/h3-4,6,9,14H,5,7-8,10-13H2,1-2H3,(H,20,22). The van der Waals surface area contributed by atoms with Crippen LogP contribution in [0.4, 0.5) is 5.82 Å². The number of rotatable bonds is 5. The molecule has 3 aromatic heterocycles. The molecule has 4 rings (SSSR count). The highest BCUT2D eigenvalue weighted by Gasteiger charge is 2.14. The Morgan fingerprint density at radius 1 is 1.12 bits per heavy atom. The second-order valence-electron chi connectivity index (χ2n) is 6.96. The highest BCUT2D eigenvalue weighted by atomic mass is 15.2. The van der Waals surface area contributed by atoms with Gasteiger partial charge in [-0.15, -0.1) is 5.10 Å². The number of likely N-dealkylation sites (N-methyl/N-ethyl adjacent to an activating group) is 1. The summed E-state index contributed by atoms with van der Waals surface area (Å²) in [6.07, 6.45) is 3.21. The second-order valence-corrected chi connectivity index (χ2v) is 6.96. The summed E-state index contributed by atoms with van der Waals surface area (Å²) < 4.78 is 2.19. The smallest absolute Gasteiger partial charge is 0.158 e. The first kappa shape index (κ1) is 16.3. The minimum Gasteiger partial charge on any atom is -0.368 e. The average Bonchev–Trinajstić information content (AvgIpc) is 3.02. The molecule has 1 saturated heterocycles. The maximum atomic E-state index is 4.40. The van der Waals surface area contributed by atoms with Crippen molar-refractivity contribution in [1.29, 1.82) is 0 Å². The number of fused-ring (bicyclic) bond motifs is 3. The van der Waals surface area contributed by atoms with Crippen LogP contribution in [-0.2, 0) is 0 Å². The van der Waals surface area contributed by atoms with Crippen molar-refractivity contribution in [2.24, 2.45) is 0 Å². The first-order valence-corrected chi connectivity index (χ1v) is 9.10. The zero-order valence-electron chi connectivity index (χ0n) is 15.1.